The summed E-state index contributed by atoms with van der Waals surface area (Å²) < 4.78 is 0. The summed E-state index contributed by atoms with van der Waals surface area (Å²) in [4.78, 5) is 0. The predicted octanol–water partition coefficient (Wildman–Crippen LogP) is 8.01. The number of rotatable bonds is 7. The van der Waals surface area contributed by atoms with Gasteiger partial charge in [-0.1, -0.05) is 71.3 Å². The fourth-order valence-corrected chi connectivity index (χ4v) is 6.01. The van der Waals surface area contributed by atoms with Gasteiger partial charge in [-0.05, 0) is 92.6 Å². The Morgan fingerprint density at radius 3 is 2.71 bits per heavy atom. The third kappa shape index (κ3) is 5.41. The molecular weight excluding hydrogens is 340 g/mol. The maximum absolute atomic E-state index is 10.0. The molecule has 0 radical (unpaired) electrons. The molecule has 0 aromatic rings. The van der Waals surface area contributed by atoms with Gasteiger partial charge in [0, 0.05) is 0 Å². The van der Waals surface area contributed by atoms with Crippen LogP contribution in [0.25, 0.3) is 0 Å². The average molecular weight is 387 g/mol. The summed E-state index contributed by atoms with van der Waals surface area (Å²) >= 11 is 0. The summed E-state index contributed by atoms with van der Waals surface area (Å²) in [6.45, 7) is 9.53. The minimum Gasteiger partial charge on any atom is -0.393 e. The molecule has 3 rings (SSSR count). The van der Waals surface area contributed by atoms with Crippen molar-refractivity contribution in [3.05, 3.63) is 34.9 Å². The number of fused-ring (bicyclic) bond motifs is 1. The van der Waals surface area contributed by atoms with E-state index in [9.17, 15) is 5.11 Å². The molecule has 1 saturated carbocycles. The van der Waals surface area contributed by atoms with Gasteiger partial charge < -0.3 is 5.11 Å². The summed E-state index contributed by atoms with van der Waals surface area (Å²) in [6.07, 6.45) is 21.0. The Morgan fingerprint density at radius 1 is 1.18 bits per heavy atom. The quantitative estimate of drug-likeness (QED) is 0.439. The van der Waals surface area contributed by atoms with Gasteiger partial charge >= 0.3 is 0 Å². The molecule has 0 aromatic carbocycles. The number of aliphatic hydroxyl groups is 1. The van der Waals surface area contributed by atoms with Gasteiger partial charge in [0.15, 0.2) is 0 Å². The Kier molecular flexibility index (Phi) is 8.61. The summed E-state index contributed by atoms with van der Waals surface area (Å²) in [5, 5.41) is 10.0. The zero-order valence-corrected chi connectivity index (χ0v) is 18.3. The molecule has 0 bridgehead atoms. The molecule has 0 aromatic heterocycles. The highest BCUT2D eigenvalue weighted by atomic mass is 16.3. The van der Waals surface area contributed by atoms with Crippen molar-refractivity contribution in [1.82, 2.24) is 0 Å². The molecule has 1 heteroatoms. The normalized spacial score (nSPS) is 33.2. The van der Waals surface area contributed by atoms with E-state index in [2.05, 4.69) is 45.9 Å². The molecule has 0 heterocycles. The van der Waals surface area contributed by atoms with Gasteiger partial charge in [0.1, 0.15) is 0 Å². The highest BCUT2D eigenvalue weighted by Gasteiger charge is 2.47. The molecular formula is C27H46O. The van der Waals surface area contributed by atoms with Gasteiger partial charge in [-0.25, -0.2) is 0 Å². The molecule has 4 unspecified atom stereocenters. The summed E-state index contributed by atoms with van der Waals surface area (Å²) in [7, 11) is 0. The van der Waals surface area contributed by atoms with E-state index in [1.807, 2.05) is 0 Å². The summed E-state index contributed by atoms with van der Waals surface area (Å²) in [5.41, 5.74) is 4.96. The lowest BCUT2D eigenvalue weighted by Crippen LogP contribution is -2.32. The van der Waals surface area contributed by atoms with Crippen molar-refractivity contribution >= 4 is 0 Å². The second kappa shape index (κ2) is 10.3. The minimum absolute atomic E-state index is 0. The van der Waals surface area contributed by atoms with Crippen molar-refractivity contribution in [3.8, 4) is 0 Å². The Labute approximate surface area is 175 Å². The molecule has 0 saturated heterocycles. The first-order chi connectivity index (χ1) is 12.9. The molecule has 4 atom stereocenters. The molecule has 3 aliphatic carbocycles. The highest BCUT2D eigenvalue weighted by Crippen LogP contribution is 2.57. The van der Waals surface area contributed by atoms with Crippen LogP contribution in [0, 0.1) is 23.2 Å². The lowest BCUT2D eigenvalue weighted by Gasteiger charge is -2.41. The first kappa shape index (κ1) is 23.5. The van der Waals surface area contributed by atoms with Crippen molar-refractivity contribution in [2.24, 2.45) is 23.2 Å². The van der Waals surface area contributed by atoms with E-state index in [1.165, 1.54) is 62.5 Å². The number of unbranched alkanes of at least 4 members (excludes halogenated alkanes) is 1. The third-order valence-electron chi connectivity index (χ3n) is 7.92. The van der Waals surface area contributed by atoms with Crippen LogP contribution < -0.4 is 0 Å². The number of aliphatic hydroxyl groups excluding tert-OH is 1. The second-order valence-electron chi connectivity index (χ2n) is 10.3. The van der Waals surface area contributed by atoms with E-state index in [0.717, 1.165) is 37.0 Å². The zero-order chi connectivity index (χ0) is 19.4. The summed E-state index contributed by atoms with van der Waals surface area (Å²) in [5.74, 6) is 2.53. The van der Waals surface area contributed by atoms with Crippen LogP contribution in [0.1, 0.15) is 106 Å². The molecule has 1 N–H and O–H groups in total. The maximum Gasteiger partial charge on any atom is 0.0583 e. The molecule has 1 nitrogen and oxygen atoms in total. The Morgan fingerprint density at radius 2 is 1.96 bits per heavy atom. The van der Waals surface area contributed by atoms with E-state index >= 15 is 0 Å². The minimum atomic E-state index is -0.138. The Hall–Kier alpha value is -0.820. The van der Waals surface area contributed by atoms with Crippen molar-refractivity contribution in [3.63, 3.8) is 0 Å². The van der Waals surface area contributed by atoms with Crippen LogP contribution >= 0.6 is 0 Å². The number of hydrogen-bond donors (Lipinski definition) is 1. The van der Waals surface area contributed by atoms with E-state index in [0.29, 0.717) is 5.41 Å². The predicted molar refractivity (Wildman–Crippen MR) is 123 cm³/mol. The van der Waals surface area contributed by atoms with E-state index < -0.39 is 0 Å². The fourth-order valence-electron chi connectivity index (χ4n) is 6.01. The Bertz CT molecular complexity index is 593. The van der Waals surface area contributed by atoms with Gasteiger partial charge in [-0.15, -0.1) is 0 Å². The molecule has 0 amide bonds. The van der Waals surface area contributed by atoms with E-state index in [4.69, 9.17) is 0 Å². The van der Waals surface area contributed by atoms with Gasteiger partial charge in [-0.2, -0.15) is 0 Å². The van der Waals surface area contributed by atoms with Gasteiger partial charge in [0.2, 0.25) is 0 Å². The lowest BCUT2D eigenvalue weighted by molar-refractivity contribution is 0.146. The third-order valence-corrected chi connectivity index (χ3v) is 7.92. The standard InChI is InChI=1S/C26H42O.CH4/c1-19(2)8-5-6-10-23-14-16-25-21(9-7-17-26(23,25)4)12-13-22-18-24(27)15-11-20(22)3;/h9,12-13,19,23-25,27H,5-8,10-11,14-18H2,1-4H3;1H4/b13-12-;. The van der Waals surface area contributed by atoms with Crippen molar-refractivity contribution in [2.45, 2.75) is 112 Å². The number of allylic oxidation sites excluding steroid dienone is 5. The Balaban J connectivity index is 0.00000280. The van der Waals surface area contributed by atoms with Gasteiger partial charge in [-0.3, -0.25) is 0 Å². The molecule has 3 aliphatic rings. The van der Waals surface area contributed by atoms with E-state index in [1.54, 1.807) is 5.57 Å². The second-order valence-corrected chi connectivity index (χ2v) is 10.3. The van der Waals surface area contributed by atoms with Crippen LogP contribution in [0.4, 0.5) is 0 Å². The lowest BCUT2D eigenvalue weighted by atomic mass is 9.64. The van der Waals surface area contributed by atoms with Crippen LogP contribution in [0.2, 0.25) is 0 Å². The summed E-state index contributed by atoms with van der Waals surface area (Å²) in [6, 6.07) is 0. The van der Waals surface area contributed by atoms with Gasteiger partial charge in [0.25, 0.3) is 0 Å². The van der Waals surface area contributed by atoms with E-state index in [-0.39, 0.29) is 13.5 Å². The van der Waals surface area contributed by atoms with Crippen molar-refractivity contribution in [2.75, 3.05) is 0 Å². The average Bonchev–Trinajstić information content (AvgIpc) is 2.96. The molecule has 1 fully saturated rings. The molecule has 28 heavy (non-hydrogen) atoms. The molecule has 0 aliphatic heterocycles. The zero-order valence-electron chi connectivity index (χ0n) is 18.3. The highest BCUT2D eigenvalue weighted by molar-refractivity contribution is 5.36. The molecule has 0 spiro atoms. The van der Waals surface area contributed by atoms with Crippen LogP contribution in [0.3, 0.4) is 0 Å². The SMILES string of the molecule is C.CC1=C(/C=C\C2=CCCC3(C)C(CCCCC(C)C)CCC23)CC(O)CC1. The first-order valence-corrected chi connectivity index (χ1v) is 11.6. The maximum atomic E-state index is 10.0. The van der Waals surface area contributed by atoms with Crippen LogP contribution in [0.5, 0.6) is 0 Å². The van der Waals surface area contributed by atoms with Crippen LogP contribution in [0.15, 0.2) is 34.9 Å². The van der Waals surface area contributed by atoms with Crippen LogP contribution in [-0.2, 0) is 0 Å². The topological polar surface area (TPSA) is 20.2 Å². The van der Waals surface area contributed by atoms with Crippen molar-refractivity contribution < 1.29 is 5.11 Å². The largest absolute Gasteiger partial charge is 0.393 e. The fraction of sp³-hybridized carbons (Fsp3) is 0.778. The number of hydrogen-bond acceptors (Lipinski definition) is 1. The first-order valence-electron chi connectivity index (χ1n) is 11.6. The smallest absolute Gasteiger partial charge is 0.0583 e. The van der Waals surface area contributed by atoms with Crippen LogP contribution in [-0.4, -0.2) is 11.2 Å². The van der Waals surface area contributed by atoms with Gasteiger partial charge in [0.05, 0.1) is 6.10 Å². The monoisotopic (exact) mass is 386 g/mol. The van der Waals surface area contributed by atoms with Crippen molar-refractivity contribution in [1.29, 1.82) is 0 Å². The molecule has 160 valence electrons.